The van der Waals surface area contributed by atoms with Gasteiger partial charge in [-0.2, -0.15) is 0 Å². The SMILES string of the molecule is c1ccc2c(c1)Cc1ccc3c4c(c5ccccc5c-2c14)-c1ccccc1C3.c1ccc2c(c1)Cc1cccc3c4c5c(cccc5c-2c13)Cc1ccccc1-4. The first-order valence-electron chi connectivity index (χ1n) is 20.1. The van der Waals surface area contributed by atoms with Crippen LogP contribution >= 0.6 is 0 Å². The highest BCUT2D eigenvalue weighted by Gasteiger charge is 2.29. The van der Waals surface area contributed by atoms with Gasteiger partial charge in [0.15, 0.2) is 0 Å². The molecule has 0 aromatic heterocycles. The molecule has 260 valence electrons. The monoisotopic (exact) mass is 708 g/mol. The quantitative estimate of drug-likeness (QED) is 0.138. The lowest BCUT2D eigenvalue weighted by atomic mass is 9.74. The minimum absolute atomic E-state index is 1.02. The van der Waals surface area contributed by atoms with Crippen molar-refractivity contribution in [1.29, 1.82) is 0 Å². The number of rotatable bonds is 0. The molecule has 0 saturated carbocycles. The van der Waals surface area contributed by atoms with E-state index in [0.29, 0.717) is 0 Å². The lowest BCUT2D eigenvalue weighted by Crippen LogP contribution is -2.08. The maximum absolute atomic E-state index is 2.38. The lowest BCUT2D eigenvalue weighted by molar-refractivity contribution is 1.16. The van der Waals surface area contributed by atoms with Crippen molar-refractivity contribution in [3.05, 3.63) is 214 Å². The van der Waals surface area contributed by atoms with Crippen molar-refractivity contribution < 1.29 is 0 Å². The lowest BCUT2D eigenvalue weighted by Gasteiger charge is -2.29. The topological polar surface area (TPSA) is 0 Å². The van der Waals surface area contributed by atoms with Crippen LogP contribution in [-0.2, 0) is 25.7 Å². The zero-order valence-corrected chi connectivity index (χ0v) is 31.0. The van der Waals surface area contributed by atoms with Crippen molar-refractivity contribution in [1.82, 2.24) is 0 Å². The van der Waals surface area contributed by atoms with Crippen molar-refractivity contribution in [3.63, 3.8) is 0 Å². The van der Waals surface area contributed by atoms with Gasteiger partial charge >= 0.3 is 0 Å². The zero-order valence-electron chi connectivity index (χ0n) is 31.0. The fraction of sp³-hybridized carbons (Fsp3) is 0.0714. The normalized spacial score (nSPS) is 13.4. The summed E-state index contributed by atoms with van der Waals surface area (Å²) >= 11 is 0. The fourth-order valence-electron chi connectivity index (χ4n) is 11.1. The first-order chi connectivity index (χ1) is 27.8. The van der Waals surface area contributed by atoms with E-state index in [4.69, 9.17) is 0 Å². The summed E-state index contributed by atoms with van der Waals surface area (Å²) in [5, 5.41) is 11.5. The Kier molecular flexibility index (Phi) is 6.21. The molecule has 0 radical (unpaired) electrons. The average molecular weight is 709 g/mol. The molecule has 0 atom stereocenters. The van der Waals surface area contributed by atoms with E-state index in [0.717, 1.165) is 25.7 Å². The Bertz CT molecular complexity index is 3060. The van der Waals surface area contributed by atoms with Crippen molar-refractivity contribution in [3.8, 4) is 44.5 Å². The molecular weight excluding hydrogens is 673 g/mol. The van der Waals surface area contributed by atoms with Crippen LogP contribution in [0.3, 0.4) is 0 Å². The van der Waals surface area contributed by atoms with Gasteiger partial charge in [0, 0.05) is 0 Å². The van der Waals surface area contributed by atoms with Crippen LogP contribution in [0.4, 0.5) is 0 Å². The Balaban J connectivity index is 0.000000118. The smallest absolute Gasteiger partial charge is 0.00132 e. The molecule has 14 rings (SSSR count). The van der Waals surface area contributed by atoms with Crippen LogP contribution in [0.2, 0.25) is 0 Å². The van der Waals surface area contributed by atoms with Crippen molar-refractivity contribution in [2.75, 3.05) is 0 Å². The van der Waals surface area contributed by atoms with Gasteiger partial charge < -0.3 is 0 Å². The Morgan fingerprint density at radius 3 is 0.839 bits per heavy atom. The predicted molar refractivity (Wildman–Crippen MR) is 236 cm³/mol. The molecule has 0 aliphatic heterocycles. The Hall–Kier alpha value is -6.76. The maximum atomic E-state index is 2.38. The highest BCUT2D eigenvalue weighted by atomic mass is 14.3. The summed E-state index contributed by atoms with van der Waals surface area (Å²) in [6.07, 6.45) is 4.10. The summed E-state index contributed by atoms with van der Waals surface area (Å²) in [6, 6.07) is 63.4. The third-order valence-electron chi connectivity index (χ3n) is 13.4. The van der Waals surface area contributed by atoms with E-state index in [1.807, 2.05) is 0 Å². The van der Waals surface area contributed by atoms with Gasteiger partial charge in [0.05, 0.1) is 0 Å². The zero-order chi connectivity index (χ0) is 36.5. The van der Waals surface area contributed by atoms with Gasteiger partial charge in [0.25, 0.3) is 0 Å². The molecule has 0 nitrogen and oxygen atoms in total. The van der Waals surface area contributed by atoms with Gasteiger partial charge in [0.1, 0.15) is 0 Å². The van der Waals surface area contributed by atoms with Crippen LogP contribution < -0.4 is 0 Å². The van der Waals surface area contributed by atoms with Gasteiger partial charge in [0.2, 0.25) is 0 Å². The molecule has 4 aliphatic carbocycles. The van der Waals surface area contributed by atoms with Crippen LogP contribution in [0.5, 0.6) is 0 Å². The molecule has 0 fully saturated rings. The molecule has 0 bridgehead atoms. The number of fused-ring (bicyclic) bond motifs is 13. The van der Waals surface area contributed by atoms with Crippen LogP contribution in [0, 0.1) is 0 Å². The molecule has 56 heavy (non-hydrogen) atoms. The number of benzene rings is 10. The predicted octanol–water partition coefficient (Wildman–Crippen LogP) is 14.3. The minimum atomic E-state index is 1.02. The summed E-state index contributed by atoms with van der Waals surface area (Å²) in [6.45, 7) is 0. The van der Waals surface area contributed by atoms with E-state index in [-0.39, 0.29) is 0 Å². The molecule has 0 N–H and O–H groups in total. The molecule has 0 saturated heterocycles. The molecule has 0 heteroatoms. The molecule has 10 aromatic rings. The van der Waals surface area contributed by atoms with Crippen LogP contribution in [0.1, 0.15) is 44.5 Å². The van der Waals surface area contributed by atoms with E-state index in [2.05, 4.69) is 170 Å². The van der Waals surface area contributed by atoms with Gasteiger partial charge in [-0.15, -0.1) is 0 Å². The second-order valence-electron chi connectivity index (χ2n) is 16.2. The molecule has 10 aromatic carbocycles. The van der Waals surface area contributed by atoms with E-state index >= 15 is 0 Å². The summed E-state index contributed by atoms with van der Waals surface area (Å²) in [5.74, 6) is 0. The van der Waals surface area contributed by atoms with Crippen molar-refractivity contribution in [2.45, 2.75) is 25.7 Å². The second-order valence-corrected chi connectivity index (χ2v) is 16.2. The van der Waals surface area contributed by atoms with E-state index in [9.17, 15) is 0 Å². The second kappa shape index (κ2) is 11.4. The number of hydrogen-bond acceptors (Lipinski definition) is 0. The highest BCUT2D eigenvalue weighted by molar-refractivity contribution is 6.26. The third kappa shape index (κ3) is 4.09. The Morgan fingerprint density at radius 1 is 0.196 bits per heavy atom. The first-order valence-corrected chi connectivity index (χ1v) is 20.1. The summed E-state index contributed by atoms with van der Waals surface area (Å²) in [5.41, 5.74) is 23.0. The Labute approximate surface area is 326 Å². The average Bonchev–Trinajstić information content (AvgIpc) is 3.26. The minimum Gasteiger partial charge on any atom is -0.0619 e. The van der Waals surface area contributed by atoms with Crippen molar-refractivity contribution >= 4 is 43.1 Å². The number of hydrogen-bond donors (Lipinski definition) is 0. The molecule has 0 heterocycles. The van der Waals surface area contributed by atoms with Crippen LogP contribution in [-0.4, -0.2) is 0 Å². The molecule has 0 unspecified atom stereocenters. The molecule has 4 aliphatic rings. The van der Waals surface area contributed by atoms with E-state index < -0.39 is 0 Å². The largest absolute Gasteiger partial charge is 0.0619 e. The summed E-state index contributed by atoms with van der Waals surface area (Å²) in [7, 11) is 0. The van der Waals surface area contributed by atoms with Crippen LogP contribution in [0.15, 0.2) is 170 Å². The first kappa shape index (κ1) is 30.6. The highest BCUT2D eigenvalue weighted by Crippen LogP contribution is 2.53. The van der Waals surface area contributed by atoms with Crippen LogP contribution in [0.25, 0.3) is 87.6 Å². The molecular formula is C56H36. The van der Waals surface area contributed by atoms with Gasteiger partial charge in [-0.1, -0.05) is 170 Å². The maximum Gasteiger partial charge on any atom is -0.00132 e. The van der Waals surface area contributed by atoms with Crippen molar-refractivity contribution in [2.24, 2.45) is 0 Å². The molecule has 0 spiro atoms. The van der Waals surface area contributed by atoms with Gasteiger partial charge in [-0.25, -0.2) is 0 Å². The molecule has 0 amide bonds. The van der Waals surface area contributed by atoms with E-state index in [1.165, 1.54) is 132 Å². The third-order valence-corrected chi connectivity index (χ3v) is 13.4. The Morgan fingerprint density at radius 2 is 0.464 bits per heavy atom. The van der Waals surface area contributed by atoms with Gasteiger partial charge in [-0.05, 0) is 158 Å². The standard InChI is InChI=1S/2C28H18/c1-3-11-21-17(7-1)15-19-9-5-14-24-25(19)27(21)23-13-6-10-20-16-18-8-2-4-12-22(18)28(24)26(20)23;1-3-9-21-17(7-1)15-19-13-14-20-16-18-8-2-4-10-22(18)28-24-12-6-5-11-23(24)27(21)25(19)26(20)28/h2*1-14H,15-16H2. The fourth-order valence-corrected chi connectivity index (χ4v) is 11.1. The van der Waals surface area contributed by atoms with E-state index in [1.54, 1.807) is 0 Å². The summed E-state index contributed by atoms with van der Waals surface area (Å²) in [4.78, 5) is 0. The van der Waals surface area contributed by atoms with Gasteiger partial charge in [-0.3, -0.25) is 0 Å². The summed E-state index contributed by atoms with van der Waals surface area (Å²) < 4.78 is 0.